The lowest BCUT2D eigenvalue weighted by molar-refractivity contribution is 0.304. The van der Waals surface area contributed by atoms with Crippen molar-refractivity contribution in [3.8, 4) is 17.9 Å². The standard InChI is InChI=1S/C16H20N2O/c1-2-3-4-5-6-7-10-19-16-9-8-14(12-17)15(11-16)13-18/h8-9,11H,2-7,10H2,1H3. The Balaban J connectivity index is 2.31. The van der Waals surface area contributed by atoms with Crippen LogP contribution in [-0.2, 0) is 0 Å². The fraction of sp³-hybridized carbons (Fsp3) is 0.500. The van der Waals surface area contributed by atoms with E-state index < -0.39 is 0 Å². The highest BCUT2D eigenvalue weighted by Crippen LogP contribution is 2.17. The summed E-state index contributed by atoms with van der Waals surface area (Å²) < 4.78 is 5.59. The minimum atomic E-state index is 0.378. The monoisotopic (exact) mass is 256 g/mol. The molecule has 0 aliphatic carbocycles. The molecule has 3 heteroatoms. The molecule has 0 spiro atoms. The summed E-state index contributed by atoms with van der Waals surface area (Å²) in [6, 6.07) is 9.02. The zero-order valence-electron chi connectivity index (χ0n) is 11.5. The Bertz CT molecular complexity index is 469. The summed E-state index contributed by atoms with van der Waals surface area (Å²) in [6.07, 6.45) is 7.34. The molecule has 19 heavy (non-hydrogen) atoms. The summed E-state index contributed by atoms with van der Waals surface area (Å²) in [6.45, 7) is 2.88. The number of unbranched alkanes of at least 4 members (excludes halogenated alkanes) is 5. The summed E-state index contributed by atoms with van der Waals surface area (Å²) in [5.41, 5.74) is 0.775. The lowest BCUT2D eigenvalue weighted by atomic mass is 10.1. The molecule has 0 fully saturated rings. The van der Waals surface area contributed by atoms with Gasteiger partial charge < -0.3 is 4.74 Å². The van der Waals surface area contributed by atoms with Gasteiger partial charge in [-0.05, 0) is 24.6 Å². The first-order valence-electron chi connectivity index (χ1n) is 6.89. The van der Waals surface area contributed by atoms with Gasteiger partial charge in [0.15, 0.2) is 0 Å². The van der Waals surface area contributed by atoms with Crippen LogP contribution in [0.2, 0.25) is 0 Å². The van der Waals surface area contributed by atoms with Crippen molar-refractivity contribution in [1.29, 1.82) is 10.5 Å². The zero-order valence-corrected chi connectivity index (χ0v) is 11.5. The Hall–Kier alpha value is -2.00. The molecule has 1 aromatic rings. The van der Waals surface area contributed by atoms with Crippen LogP contribution in [0.3, 0.4) is 0 Å². The van der Waals surface area contributed by atoms with E-state index in [2.05, 4.69) is 6.92 Å². The lowest BCUT2D eigenvalue weighted by Gasteiger charge is -2.06. The van der Waals surface area contributed by atoms with Crippen LogP contribution < -0.4 is 4.74 Å². The maximum Gasteiger partial charge on any atom is 0.120 e. The van der Waals surface area contributed by atoms with Crippen LogP contribution >= 0.6 is 0 Å². The first-order valence-corrected chi connectivity index (χ1v) is 6.89. The second kappa shape index (κ2) is 9.00. The molecule has 0 heterocycles. The normalized spacial score (nSPS) is 9.63. The second-order valence-electron chi connectivity index (χ2n) is 4.55. The summed E-state index contributed by atoms with van der Waals surface area (Å²) in [5.74, 6) is 0.670. The number of nitrogens with zero attached hydrogens (tertiary/aromatic N) is 2. The van der Waals surface area contributed by atoms with Gasteiger partial charge in [0.1, 0.15) is 17.9 Å². The molecule has 0 aromatic heterocycles. The molecular formula is C16H20N2O. The van der Waals surface area contributed by atoms with E-state index in [0.717, 1.165) is 6.42 Å². The molecular weight excluding hydrogens is 236 g/mol. The summed E-state index contributed by atoms with van der Waals surface area (Å²) in [7, 11) is 0. The largest absolute Gasteiger partial charge is 0.494 e. The van der Waals surface area contributed by atoms with Crippen molar-refractivity contribution >= 4 is 0 Å². The Morgan fingerprint density at radius 3 is 2.32 bits per heavy atom. The summed E-state index contributed by atoms with van der Waals surface area (Å²) in [4.78, 5) is 0. The van der Waals surface area contributed by atoms with Crippen LogP contribution in [0.4, 0.5) is 0 Å². The molecule has 0 unspecified atom stereocenters. The number of hydrogen-bond acceptors (Lipinski definition) is 3. The van der Waals surface area contributed by atoms with Crippen molar-refractivity contribution in [2.24, 2.45) is 0 Å². The van der Waals surface area contributed by atoms with E-state index in [9.17, 15) is 0 Å². The molecule has 0 atom stereocenters. The first kappa shape index (κ1) is 15.1. The molecule has 1 aromatic carbocycles. The van der Waals surface area contributed by atoms with E-state index in [0.29, 0.717) is 23.5 Å². The molecule has 0 saturated carbocycles. The van der Waals surface area contributed by atoms with Crippen molar-refractivity contribution in [2.45, 2.75) is 45.4 Å². The molecule has 0 aliphatic rings. The van der Waals surface area contributed by atoms with Gasteiger partial charge in [0.05, 0.1) is 17.7 Å². The average molecular weight is 256 g/mol. The highest BCUT2D eigenvalue weighted by Gasteiger charge is 2.03. The Morgan fingerprint density at radius 2 is 1.63 bits per heavy atom. The SMILES string of the molecule is CCCCCCCCOc1ccc(C#N)c(C#N)c1. The number of hydrogen-bond donors (Lipinski definition) is 0. The number of ether oxygens (including phenoxy) is 1. The Labute approximate surface area is 115 Å². The smallest absolute Gasteiger partial charge is 0.120 e. The quantitative estimate of drug-likeness (QED) is 0.656. The van der Waals surface area contributed by atoms with Gasteiger partial charge in [-0.15, -0.1) is 0 Å². The minimum Gasteiger partial charge on any atom is -0.494 e. The van der Waals surface area contributed by atoms with Gasteiger partial charge in [0.2, 0.25) is 0 Å². The maximum atomic E-state index is 8.91. The van der Waals surface area contributed by atoms with Crippen LogP contribution in [0.25, 0.3) is 0 Å². The van der Waals surface area contributed by atoms with Gasteiger partial charge >= 0.3 is 0 Å². The number of nitriles is 2. The van der Waals surface area contributed by atoms with Crippen molar-refractivity contribution < 1.29 is 4.74 Å². The number of benzene rings is 1. The van der Waals surface area contributed by atoms with E-state index in [1.807, 2.05) is 12.1 Å². The molecule has 0 saturated heterocycles. The van der Waals surface area contributed by atoms with Gasteiger partial charge in [-0.25, -0.2) is 0 Å². The molecule has 0 aliphatic heterocycles. The molecule has 0 N–H and O–H groups in total. The van der Waals surface area contributed by atoms with Crippen molar-refractivity contribution in [3.05, 3.63) is 29.3 Å². The maximum absolute atomic E-state index is 8.91. The van der Waals surface area contributed by atoms with Crippen molar-refractivity contribution in [2.75, 3.05) is 6.61 Å². The highest BCUT2D eigenvalue weighted by atomic mass is 16.5. The van der Waals surface area contributed by atoms with E-state index in [-0.39, 0.29) is 0 Å². The van der Waals surface area contributed by atoms with E-state index >= 15 is 0 Å². The van der Waals surface area contributed by atoms with Gasteiger partial charge in [-0.3, -0.25) is 0 Å². The van der Waals surface area contributed by atoms with E-state index in [4.69, 9.17) is 15.3 Å². The van der Waals surface area contributed by atoms with Crippen molar-refractivity contribution in [3.63, 3.8) is 0 Å². The topological polar surface area (TPSA) is 56.8 Å². The third kappa shape index (κ3) is 5.44. The molecule has 3 nitrogen and oxygen atoms in total. The van der Waals surface area contributed by atoms with Crippen LogP contribution in [0.15, 0.2) is 18.2 Å². The van der Waals surface area contributed by atoms with Crippen molar-refractivity contribution in [1.82, 2.24) is 0 Å². The van der Waals surface area contributed by atoms with Gasteiger partial charge in [-0.2, -0.15) is 10.5 Å². The van der Waals surface area contributed by atoms with Crippen LogP contribution in [-0.4, -0.2) is 6.61 Å². The minimum absolute atomic E-state index is 0.378. The molecule has 100 valence electrons. The Kier molecular flexibility index (Phi) is 7.13. The molecule has 0 amide bonds. The van der Waals surface area contributed by atoms with Crippen LogP contribution in [0, 0.1) is 22.7 Å². The zero-order chi connectivity index (χ0) is 13.9. The molecule has 0 radical (unpaired) electrons. The van der Waals surface area contributed by atoms with Gasteiger partial charge in [0, 0.05) is 0 Å². The third-order valence-electron chi connectivity index (χ3n) is 3.00. The van der Waals surface area contributed by atoms with Gasteiger partial charge in [-0.1, -0.05) is 39.0 Å². The summed E-state index contributed by atoms with van der Waals surface area (Å²) >= 11 is 0. The second-order valence-corrected chi connectivity index (χ2v) is 4.55. The highest BCUT2D eigenvalue weighted by molar-refractivity contribution is 5.49. The third-order valence-corrected chi connectivity index (χ3v) is 3.00. The Morgan fingerprint density at radius 1 is 0.947 bits per heavy atom. The number of rotatable bonds is 8. The lowest BCUT2D eigenvalue weighted by Crippen LogP contribution is -1.98. The average Bonchev–Trinajstić information content (AvgIpc) is 2.46. The molecule has 0 bridgehead atoms. The fourth-order valence-corrected chi connectivity index (χ4v) is 1.88. The predicted molar refractivity (Wildman–Crippen MR) is 74.7 cm³/mol. The van der Waals surface area contributed by atoms with Gasteiger partial charge in [0.25, 0.3) is 0 Å². The predicted octanol–water partition coefficient (Wildman–Crippen LogP) is 4.17. The molecule has 1 rings (SSSR count). The van der Waals surface area contributed by atoms with E-state index in [1.54, 1.807) is 18.2 Å². The van der Waals surface area contributed by atoms with E-state index in [1.165, 1.54) is 32.1 Å². The fourth-order valence-electron chi connectivity index (χ4n) is 1.88. The summed E-state index contributed by atoms with van der Waals surface area (Å²) in [5, 5.41) is 17.7. The van der Waals surface area contributed by atoms with Crippen LogP contribution in [0.5, 0.6) is 5.75 Å². The first-order chi connectivity index (χ1) is 9.31. The van der Waals surface area contributed by atoms with Crippen LogP contribution in [0.1, 0.15) is 56.6 Å².